The third-order valence-electron chi connectivity index (χ3n) is 6.38. The fourth-order valence-corrected chi connectivity index (χ4v) is 4.80. The molecule has 2 aliphatic heterocycles. The van der Waals surface area contributed by atoms with Gasteiger partial charge in [-0.1, -0.05) is 50.1 Å². The van der Waals surface area contributed by atoms with Gasteiger partial charge in [0.2, 0.25) is 5.91 Å². The van der Waals surface area contributed by atoms with Crippen molar-refractivity contribution in [1.29, 1.82) is 0 Å². The molecule has 3 nitrogen and oxygen atoms in total. The van der Waals surface area contributed by atoms with Crippen LogP contribution in [0.5, 0.6) is 0 Å². The van der Waals surface area contributed by atoms with Gasteiger partial charge in [0, 0.05) is 0 Å². The van der Waals surface area contributed by atoms with Crippen LogP contribution in [0, 0.1) is 11.3 Å². The molecule has 1 aliphatic carbocycles. The predicted octanol–water partition coefficient (Wildman–Crippen LogP) is 4.31. The molecule has 0 aromatic rings. The van der Waals surface area contributed by atoms with Gasteiger partial charge >= 0.3 is 0 Å². The summed E-state index contributed by atoms with van der Waals surface area (Å²) in [6, 6.07) is 0. The van der Waals surface area contributed by atoms with Crippen molar-refractivity contribution in [3.63, 3.8) is 0 Å². The minimum atomic E-state index is -0.340. The van der Waals surface area contributed by atoms with E-state index in [4.69, 9.17) is 4.74 Å². The first-order valence-corrected chi connectivity index (χ1v) is 9.45. The normalized spacial score (nSPS) is 32.2. The quantitative estimate of drug-likeness (QED) is 0.767. The molecule has 1 saturated heterocycles. The van der Waals surface area contributed by atoms with E-state index in [1.165, 1.54) is 16.7 Å². The first-order valence-electron chi connectivity index (χ1n) is 9.45. The van der Waals surface area contributed by atoms with Crippen LogP contribution in [0.25, 0.3) is 0 Å². The fraction of sp³-hybridized carbons (Fsp3) is 0.667. The number of ether oxygens (including phenoxy) is 1. The Labute approximate surface area is 146 Å². The zero-order chi connectivity index (χ0) is 17.4. The summed E-state index contributed by atoms with van der Waals surface area (Å²) in [6.45, 7) is 10.1. The molecule has 1 amide bonds. The molecule has 3 rings (SSSR count). The van der Waals surface area contributed by atoms with Crippen molar-refractivity contribution in [2.45, 2.75) is 65.3 Å². The number of nitrogens with one attached hydrogen (secondary N) is 1. The Hall–Kier alpha value is -1.35. The lowest BCUT2D eigenvalue weighted by atomic mass is 9.61. The summed E-state index contributed by atoms with van der Waals surface area (Å²) in [7, 11) is 0. The molecule has 24 heavy (non-hydrogen) atoms. The van der Waals surface area contributed by atoms with Crippen LogP contribution >= 0.6 is 0 Å². The molecular weight excluding hydrogens is 298 g/mol. The Balaban J connectivity index is 2.18. The van der Waals surface area contributed by atoms with Crippen molar-refractivity contribution in [2.24, 2.45) is 11.3 Å². The van der Waals surface area contributed by atoms with Gasteiger partial charge in [0.15, 0.2) is 0 Å². The molecular formula is C21H31NO2. The topological polar surface area (TPSA) is 38.3 Å². The smallest absolute Gasteiger partial charge is 0.231 e. The van der Waals surface area contributed by atoms with Gasteiger partial charge in [-0.15, -0.1) is 0 Å². The lowest BCUT2D eigenvalue weighted by molar-refractivity contribution is -0.141. The second-order valence-corrected chi connectivity index (χ2v) is 7.79. The summed E-state index contributed by atoms with van der Waals surface area (Å²) in [5, 5.41) is 3.39. The molecule has 0 radical (unpaired) electrons. The molecule has 0 saturated carbocycles. The van der Waals surface area contributed by atoms with Gasteiger partial charge in [-0.25, -0.2) is 0 Å². The molecule has 0 bridgehead atoms. The van der Waals surface area contributed by atoms with Gasteiger partial charge in [-0.2, -0.15) is 0 Å². The van der Waals surface area contributed by atoms with Crippen LogP contribution in [0.2, 0.25) is 0 Å². The van der Waals surface area contributed by atoms with Crippen LogP contribution in [0.4, 0.5) is 0 Å². The molecule has 0 aromatic heterocycles. The molecule has 1 spiro atoms. The van der Waals surface area contributed by atoms with Gasteiger partial charge in [0.25, 0.3) is 0 Å². The lowest BCUT2D eigenvalue weighted by Gasteiger charge is -2.54. The maximum atomic E-state index is 13.2. The summed E-state index contributed by atoms with van der Waals surface area (Å²) in [5.74, 6) is 0.654. The fourth-order valence-electron chi connectivity index (χ4n) is 4.80. The van der Waals surface area contributed by atoms with Crippen molar-refractivity contribution in [3.8, 4) is 0 Å². The highest BCUT2D eigenvalue weighted by Crippen LogP contribution is 2.50. The minimum Gasteiger partial charge on any atom is -0.376 e. The van der Waals surface area contributed by atoms with Crippen LogP contribution in [-0.4, -0.2) is 24.7 Å². The highest BCUT2D eigenvalue weighted by Gasteiger charge is 2.55. The summed E-state index contributed by atoms with van der Waals surface area (Å²) in [5.41, 5.74) is 3.68. The average Bonchev–Trinajstić information content (AvgIpc) is 2.54. The number of carbonyl (C=O) groups is 1. The second-order valence-electron chi connectivity index (χ2n) is 7.79. The molecule has 132 valence electrons. The average molecular weight is 329 g/mol. The van der Waals surface area contributed by atoms with Gasteiger partial charge in [0.1, 0.15) is 5.54 Å². The van der Waals surface area contributed by atoms with Crippen molar-refractivity contribution in [3.05, 3.63) is 34.9 Å². The van der Waals surface area contributed by atoms with E-state index in [0.29, 0.717) is 19.1 Å². The summed E-state index contributed by atoms with van der Waals surface area (Å²) < 4.78 is 5.57. The van der Waals surface area contributed by atoms with E-state index in [2.05, 4.69) is 51.2 Å². The zero-order valence-corrected chi connectivity index (χ0v) is 15.6. The SMILES string of the molecule is CCC1(CC)C(=O)NC2(COC2)C2=C1CC/C(C)=C\C=C\CC2C. The van der Waals surface area contributed by atoms with Crippen molar-refractivity contribution in [2.75, 3.05) is 13.2 Å². The zero-order valence-electron chi connectivity index (χ0n) is 15.6. The molecule has 1 atom stereocenters. The molecule has 3 aliphatic rings. The predicted molar refractivity (Wildman–Crippen MR) is 97.6 cm³/mol. The molecule has 1 N–H and O–H groups in total. The van der Waals surface area contributed by atoms with E-state index in [-0.39, 0.29) is 16.9 Å². The molecule has 1 unspecified atom stereocenters. The van der Waals surface area contributed by atoms with Crippen LogP contribution in [0.1, 0.15) is 59.8 Å². The van der Waals surface area contributed by atoms with Crippen LogP contribution < -0.4 is 5.32 Å². The maximum absolute atomic E-state index is 13.2. The number of amides is 1. The Bertz CT molecular complexity index is 603. The summed E-state index contributed by atoms with van der Waals surface area (Å²) in [4.78, 5) is 13.2. The third-order valence-corrected chi connectivity index (χ3v) is 6.38. The first kappa shape index (κ1) is 17.5. The van der Waals surface area contributed by atoms with Crippen molar-refractivity contribution >= 4 is 5.91 Å². The number of carbonyl (C=O) groups excluding carboxylic acids is 1. The largest absolute Gasteiger partial charge is 0.376 e. The third kappa shape index (κ3) is 2.57. The Morgan fingerprint density at radius 1 is 1.25 bits per heavy atom. The number of rotatable bonds is 2. The van der Waals surface area contributed by atoms with E-state index < -0.39 is 0 Å². The van der Waals surface area contributed by atoms with Gasteiger partial charge in [-0.05, 0) is 50.5 Å². The maximum Gasteiger partial charge on any atom is 0.231 e. The highest BCUT2D eigenvalue weighted by molar-refractivity contribution is 5.89. The molecule has 3 heteroatoms. The Morgan fingerprint density at radius 2 is 1.96 bits per heavy atom. The molecule has 0 aromatic carbocycles. The second kappa shape index (κ2) is 6.51. The number of hydrogen-bond acceptors (Lipinski definition) is 2. The first-order chi connectivity index (χ1) is 11.5. The molecule has 1 fully saturated rings. The molecule has 2 heterocycles. The number of allylic oxidation sites excluding steroid dienone is 4. The van der Waals surface area contributed by atoms with Crippen molar-refractivity contribution in [1.82, 2.24) is 5.32 Å². The van der Waals surface area contributed by atoms with E-state index in [1.807, 2.05) is 0 Å². The van der Waals surface area contributed by atoms with Crippen molar-refractivity contribution < 1.29 is 9.53 Å². The van der Waals surface area contributed by atoms with Crippen LogP contribution in [-0.2, 0) is 9.53 Å². The number of fused-ring (bicyclic) bond motifs is 1. The summed E-state index contributed by atoms with van der Waals surface area (Å²) >= 11 is 0. The monoisotopic (exact) mass is 329 g/mol. The van der Waals surface area contributed by atoms with Crippen LogP contribution in [0.3, 0.4) is 0 Å². The summed E-state index contributed by atoms with van der Waals surface area (Å²) in [6.07, 6.45) is 11.5. The van der Waals surface area contributed by atoms with E-state index >= 15 is 0 Å². The Morgan fingerprint density at radius 3 is 2.54 bits per heavy atom. The van der Waals surface area contributed by atoms with Crippen LogP contribution in [0.15, 0.2) is 34.9 Å². The standard InChI is InChI=1S/C21H31NO2/c1-5-20(6-2)17-12-11-15(3)9-7-8-10-16(4)18(17)21(13-24-14-21)22-19(20)23/h7-9,16H,5-6,10-14H2,1-4H3,(H,22,23)/b8-7+,15-9-. The van der Waals surface area contributed by atoms with E-state index in [1.54, 1.807) is 0 Å². The van der Waals surface area contributed by atoms with Gasteiger partial charge < -0.3 is 10.1 Å². The minimum absolute atomic E-state index is 0.219. The highest BCUT2D eigenvalue weighted by atomic mass is 16.5. The van der Waals surface area contributed by atoms with E-state index in [0.717, 1.165) is 32.1 Å². The van der Waals surface area contributed by atoms with Gasteiger partial charge in [0.05, 0.1) is 18.6 Å². The Kier molecular flexibility index (Phi) is 4.74. The lowest BCUT2D eigenvalue weighted by Crippen LogP contribution is -2.69. The van der Waals surface area contributed by atoms with Gasteiger partial charge in [-0.3, -0.25) is 4.79 Å². The van der Waals surface area contributed by atoms with E-state index in [9.17, 15) is 4.79 Å². The number of hydrogen-bond donors (Lipinski definition) is 1.